The first-order valence-corrected chi connectivity index (χ1v) is 6.68. The van der Waals surface area contributed by atoms with Crippen molar-refractivity contribution in [1.82, 2.24) is 14.5 Å². The van der Waals surface area contributed by atoms with Crippen molar-refractivity contribution in [1.29, 1.82) is 0 Å². The molecule has 0 radical (unpaired) electrons. The van der Waals surface area contributed by atoms with Crippen LogP contribution in [-0.4, -0.2) is 45.3 Å². The summed E-state index contributed by atoms with van der Waals surface area (Å²) in [6, 6.07) is 0. The van der Waals surface area contributed by atoms with Crippen LogP contribution in [0.5, 0.6) is 0 Å². The zero-order valence-corrected chi connectivity index (χ0v) is 12.2. The van der Waals surface area contributed by atoms with Crippen LogP contribution in [0.2, 0.25) is 0 Å². The summed E-state index contributed by atoms with van der Waals surface area (Å²) in [4.78, 5) is 18.0. The number of piperidine rings is 1. The average molecular weight is 265 g/mol. The topological polar surface area (TPSA) is 58.4 Å². The molecule has 1 aromatic rings. The molecule has 1 aromatic heterocycles. The number of hydrogen-bond acceptors (Lipinski definition) is 4. The molecule has 1 N–H and O–H groups in total. The van der Waals surface area contributed by atoms with Crippen molar-refractivity contribution < 1.29 is 5.11 Å². The largest absolute Gasteiger partial charge is 0.387 e. The molecule has 1 saturated heterocycles. The Morgan fingerprint density at radius 3 is 2.79 bits per heavy atom. The lowest BCUT2D eigenvalue weighted by molar-refractivity contribution is -0.124. The molecule has 0 amide bonds. The van der Waals surface area contributed by atoms with Crippen LogP contribution in [0.25, 0.3) is 0 Å². The highest BCUT2D eigenvalue weighted by molar-refractivity contribution is 5.02. The number of nitrogens with zero attached hydrogens (tertiary/aromatic N) is 3. The minimum atomic E-state index is -0.864. The molecule has 0 spiro atoms. The van der Waals surface area contributed by atoms with E-state index in [0.717, 1.165) is 18.8 Å². The van der Waals surface area contributed by atoms with E-state index in [1.54, 1.807) is 10.8 Å². The van der Waals surface area contributed by atoms with Gasteiger partial charge in [-0.15, -0.1) is 0 Å². The lowest BCUT2D eigenvalue weighted by Gasteiger charge is -2.49. The fourth-order valence-corrected chi connectivity index (χ4v) is 2.87. The van der Waals surface area contributed by atoms with E-state index >= 15 is 0 Å². The number of hydrogen-bond donors (Lipinski definition) is 1. The molecule has 1 aliphatic rings. The minimum absolute atomic E-state index is 0.159. The summed E-state index contributed by atoms with van der Waals surface area (Å²) in [6.45, 7) is 7.96. The van der Waals surface area contributed by atoms with Gasteiger partial charge in [0, 0.05) is 24.7 Å². The van der Waals surface area contributed by atoms with E-state index in [1.165, 1.54) is 6.20 Å². The van der Waals surface area contributed by atoms with Crippen molar-refractivity contribution in [2.24, 2.45) is 5.41 Å². The second-order valence-corrected chi connectivity index (χ2v) is 6.40. The van der Waals surface area contributed by atoms with Gasteiger partial charge in [-0.2, -0.15) is 0 Å². The van der Waals surface area contributed by atoms with Crippen LogP contribution >= 0.6 is 0 Å². The van der Waals surface area contributed by atoms with Crippen LogP contribution < -0.4 is 5.56 Å². The molecule has 2 rings (SSSR count). The van der Waals surface area contributed by atoms with E-state index in [4.69, 9.17) is 0 Å². The molecule has 1 aliphatic heterocycles. The first kappa shape index (κ1) is 14.2. The standard InChI is InChI=1S/C14H23N3O2/c1-11-8-17(12(18)7-15-11)10-14(19)5-6-16(4)9-13(14,2)3/h7-8,19H,5-6,9-10H2,1-4H3. The molecule has 5 nitrogen and oxygen atoms in total. The Balaban J connectivity index is 2.30. The van der Waals surface area contributed by atoms with E-state index in [9.17, 15) is 9.90 Å². The molecule has 1 atom stereocenters. The monoisotopic (exact) mass is 265 g/mol. The number of aromatic nitrogens is 2. The highest BCUT2D eigenvalue weighted by atomic mass is 16.3. The second kappa shape index (κ2) is 4.72. The third kappa shape index (κ3) is 2.72. The Labute approximate surface area is 113 Å². The van der Waals surface area contributed by atoms with Gasteiger partial charge in [0.05, 0.1) is 24.0 Å². The highest BCUT2D eigenvalue weighted by Crippen LogP contribution is 2.39. The Bertz CT molecular complexity index is 524. The van der Waals surface area contributed by atoms with Gasteiger partial charge >= 0.3 is 0 Å². The van der Waals surface area contributed by atoms with E-state index in [-0.39, 0.29) is 11.0 Å². The van der Waals surface area contributed by atoms with Gasteiger partial charge in [-0.05, 0) is 20.4 Å². The molecule has 0 aromatic carbocycles. The van der Waals surface area contributed by atoms with Crippen molar-refractivity contribution >= 4 is 0 Å². The Morgan fingerprint density at radius 2 is 2.16 bits per heavy atom. The molecule has 1 fully saturated rings. The van der Waals surface area contributed by atoms with Crippen molar-refractivity contribution in [3.63, 3.8) is 0 Å². The maximum Gasteiger partial charge on any atom is 0.269 e. The molecule has 106 valence electrons. The zero-order chi connectivity index (χ0) is 14.3. The maximum absolute atomic E-state index is 11.8. The first-order valence-electron chi connectivity index (χ1n) is 6.68. The molecule has 5 heteroatoms. The van der Waals surface area contributed by atoms with Gasteiger partial charge in [-0.3, -0.25) is 9.78 Å². The number of rotatable bonds is 2. The second-order valence-electron chi connectivity index (χ2n) is 6.40. The molecule has 0 aliphatic carbocycles. The van der Waals surface area contributed by atoms with Crippen molar-refractivity contribution in [3.8, 4) is 0 Å². The predicted octanol–water partition coefficient (Wildman–Crippen LogP) is 0.645. The summed E-state index contributed by atoms with van der Waals surface area (Å²) >= 11 is 0. The van der Waals surface area contributed by atoms with Crippen LogP contribution in [0.4, 0.5) is 0 Å². The number of aryl methyl sites for hydroxylation is 1. The molecule has 1 unspecified atom stereocenters. The smallest absolute Gasteiger partial charge is 0.269 e. The van der Waals surface area contributed by atoms with Gasteiger partial charge in [0.2, 0.25) is 0 Å². The van der Waals surface area contributed by atoms with Gasteiger partial charge in [-0.1, -0.05) is 13.8 Å². The number of aliphatic hydroxyl groups is 1. The third-order valence-electron chi connectivity index (χ3n) is 4.27. The zero-order valence-electron chi connectivity index (χ0n) is 12.2. The van der Waals surface area contributed by atoms with Gasteiger partial charge in [0.15, 0.2) is 0 Å². The number of likely N-dealkylation sites (tertiary alicyclic amines) is 1. The highest BCUT2D eigenvalue weighted by Gasteiger charge is 2.47. The summed E-state index contributed by atoms with van der Waals surface area (Å²) in [5, 5.41) is 11.0. The van der Waals surface area contributed by atoms with Crippen molar-refractivity contribution in [2.45, 2.75) is 39.3 Å². The Morgan fingerprint density at radius 1 is 1.47 bits per heavy atom. The Kier molecular flexibility index (Phi) is 3.53. The Hall–Kier alpha value is -1.20. The summed E-state index contributed by atoms with van der Waals surface area (Å²) in [5.74, 6) is 0. The van der Waals surface area contributed by atoms with Crippen LogP contribution in [0, 0.1) is 12.3 Å². The van der Waals surface area contributed by atoms with Crippen LogP contribution in [0.3, 0.4) is 0 Å². The fraction of sp³-hybridized carbons (Fsp3) is 0.714. The summed E-state index contributed by atoms with van der Waals surface area (Å²) in [6.07, 6.45) is 3.71. The third-order valence-corrected chi connectivity index (χ3v) is 4.27. The minimum Gasteiger partial charge on any atom is -0.387 e. The normalized spacial score (nSPS) is 27.4. The van der Waals surface area contributed by atoms with Crippen molar-refractivity contribution in [3.05, 3.63) is 28.4 Å². The van der Waals surface area contributed by atoms with E-state index in [2.05, 4.69) is 30.8 Å². The summed E-state index contributed by atoms with van der Waals surface area (Å²) in [7, 11) is 2.06. The van der Waals surface area contributed by atoms with E-state index in [1.807, 2.05) is 6.92 Å². The molecular formula is C14H23N3O2. The summed E-state index contributed by atoms with van der Waals surface area (Å²) in [5.41, 5.74) is -0.490. The lowest BCUT2D eigenvalue weighted by Crippen LogP contribution is -2.59. The van der Waals surface area contributed by atoms with Gasteiger partial charge in [0.25, 0.3) is 5.56 Å². The summed E-state index contributed by atoms with van der Waals surface area (Å²) < 4.78 is 1.58. The van der Waals surface area contributed by atoms with Crippen LogP contribution in [0.1, 0.15) is 26.0 Å². The molecule has 0 bridgehead atoms. The molecule has 0 saturated carbocycles. The van der Waals surface area contributed by atoms with E-state index < -0.39 is 5.60 Å². The molecule has 19 heavy (non-hydrogen) atoms. The maximum atomic E-state index is 11.8. The fourth-order valence-electron chi connectivity index (χ4n) is 2.87. The van der Waals surface area contributed by atoms with Crippen LogP contribution in [0.15, 0.2) is 17.2 Å². The lowest BCUT2D eigenvalue weighted by atomic mass is 9.70. The van der Waals surface area contributed by atoms with Gasteiger partial charge in [-0.25, -0.2) is 0 Å². The van der Waals surface area contributed by atoms with Crippen molar-refractivity contribution in [2.75, 3.05) is 20.1 Å². The molecule has 2 heterocycles. The van der Waals surface area contributed by atoms with E-state index in [0.29, 0.717) is 13.0 Å². The predicted molar refractivity (Wildman–Crippen MR) is 74.1 cm³/mol. The quantitative estimate of drug-likeness (QED) is 0.853. The van der Waals surface area contributed by atoms with Gasteiger partial charge < -0.3 is 14.6 Å². The average Bonchev–Trinajstić information content (AvgIpc) is 2.29. The van der Waals surface area contributed by atoms with Gasteiger partial charge in [0.1, 0.15) is 0 Å². The van der Waals surface area contributed by atoms with Crippen LogP contribution in [-0.2, 0) is 6.54 Å². The first-order chi connectivity index (χ1) is 8.73. The molecular weight excluding hydrogens is 242 g/mol. The SMILES string of the molecule is Cc1cn(CC2(O)CCN(C)CC2(C)C)c(=O)cn1.